The normalized spacial score (nSPS) is 17.0. The lowest BCUT2D eigenvalue weighted by Gasteiger charge is -2.19. The Labute approximate surface area is 168 Å². The van der Waals surface area contributed by atoms with E-state index in [0.29, 0.717) is 18.0 Å². The van der Waals surface area contributed by atoms with Gasteiger partial charge in [0, 0.05) is 12.6 Å². The Hall–Kier alpha value is -3.13. The van der Waals surface area contributed by atoms with Gasteiger partial charge in [0.1, 0.15) is 18.2 Å². The van der Waals surface area contributed by atoms with E-state index < -0.39 is 17.4 Å². The first-order chi connectivity index (χ1) is 14.0. The molecule has 1 saturated heterocycles. The molecule has 2 aromatic rings. The monoisotopic (exact) mass is 396 g/mol. The van der Waals surface area contributed by atoms with Crippen LogP contribution < -0.4 is 21.3 Å². The summed E-state index contributed by atoms with van der Waals surface area (Å²) >= 11 is 0. The average Bonchev–Trinajstić information content (AvgIpc) is 2.87. The lowest BCUT2D eigenvalue weighted by Crippen LogP contribution is -2.29. The zero-order valence-corrected chi connectivity index (χ0v) is 16.1. The maximum atomic E-state index is 12.5. The van der Waals surface area contributed by atoms with Crippen LogP contribution in [0, 0.1) is 0 Å². The van der Waals surface area contributed by atoms with E-state index in [9.17, 15) is 14.4 Å². The summed E-state index contributed by atoms with van der Waals surface area (Å²) in [6.07, 6.45) is 5.10. The molecule has 0 saturated carbocycles. The smallest absolute Gasteiger partial charge is 0.262 e. The van der Waals surface area contributed by atoms with Crippen molar-refractivity contribution >= 4 is 17.6 Å². The predicted octanol–water partition coefficient (Wildman–Crippen LogP) is 1.56. The lowest BCUT2D eigenvalue weighted by atomic mass is 10.1. The minimum Gasteiger partial charge on any atom is -0.492 e. The van der Waals surface area contributed by atoms with E-state index in [1.54, 1.807) is 24.3 Å². The summed E-state index contributed by atoms with van der Waals surface area (Å²) in [6, 6.07) is 8.09. The fraction of sp³-hybridized carbons (Fsp3) is 0.381. The van der Waals surface area contributed by atoms with Gasteiger partial charge in [0.15, 0.2) is 0 Å². The van der Waals surface area contributed by atoms with Gasteiger partial charge in [0.05, 0.1) is 16.8 Å². The molecule has 0 radical (unpaired) electrons. The molecule has 3 N–H and O–H groups in total. The quantitative estimate of drug-likeness (QED) is 0.743. The van der Waals surface area contributed by atoms with Crippen molar-refractivity contribution in [1.29, 1.82) is 0 Å². The summed E-state index contributed by atoms with van der Waals surface area (Å²) in [4.78, 5) is 38.6. The molecule has 2 amide bonds. The number of nitrogens with two attached hydrogens (primary N) is 1. The summed E-state index contributed by atoms with van der Waals surface area (Å²) in [5.74, 6) is -0.547. The van der Waals surface area contributed by atoms with Crippen molar-refractivity contribution in [3.63, 3.8) is 0 Å². The first kappa shape index (κ1) is 19.2. The number of carbonyl (C=O) groups is 2. The Kier molecular flexibility index (Phi) is 5.35. The molecule has 2 aliphatic heterocycles. The van der Waals surface area contributed by atoms with Crippen LogP contribution in [0.3, 0.4) is 0 Å². The SMILES string of the molecule is Nc1c2c(cc(=O)n1-c1ccc(OCCN3CCCCCC3)cc1)C(=O)NC2=O. The van der Waals surface area contributed by atoms with Crippen LogP contribution in [0.1, 0.15) is 46.4 Å². The molecule has 0 aliphatic carbocycles. The van der Waals surface area contributed by atoms with Crippen molar-refractivity contribution in [1.82, 2.24) is 14.8 Å². The largest absolute Gasteiger partial charge is 0.492 e. The molecular formula is C21H24N4O4. The number of anilines is 1. The van der Waals surface area contributed by atoms with Crippen LogP contribution in [0.5, 0.6) is 5.75 Å². The number of ether oxygens (including phenoxy) is 1. The third kappa shape index (κ3) is 3.88. The van der Waals surface area contributed by atoms with Crippen molar-refractivity contribution in [3.8, 4) is 11.4 Å². The van der Waals surface area contributed by atoms with E-state index in [-0.39, 0.29) is 16.9 Å². The molecule has 0 unspecified atom stereocenters. The van der Waals surface area contributed by atoms with Crippen molar-refractivity contribution in [2.75, 3.05) is 32.0 Å². The minimum atomic E-state index is -0.603. The number of carbonyl (C=O) groups excluding carboxylic acids is 2. The highest BCUT2D eigenvalue weighted by molar-refractivity contribution is 6.23. The molecule has 1 aromatic heterocycles. The Morgan fingerprint density at radius 2 is 1.66 bits per heavy atom. The molecule has 4 rings (SSSR count). The van der Waals surface area contributed by atoms with Crippen LogP contribution in [0.4, 0.5) is 5.82 Å². The maximum Gasteiger partial charge on any atom is 0.262 e. The third-order valence-corrected chi connectivity index (χ3v) is 5.42. The van der Waals surface area contributed by atoms with E-state index in [0.717, 1.165) is 25.7 Å². The van der Waals surface area contributed by atoms with Crippen LogP contribution >= 0.6 is 0 Å². The van der Waals surface area contributed by atoms with Crippen molar-refractivity contribution in [2.45, 2.75) is 25.7 Å². The van der Waals surface area contributed by atoms with E-state index in [1.165, 1.54) is 30.3 Å². The molecule has 0 atom stereocenters. The van der Waals surface area contributed by atoms with Gasteiger partial charge < -0.3 is 10.5 Å². The number of nitrogens with one attached hydrogen (secondary N) is 1. The molecular weight excluding hydrogens is 372 g/mol. The van der Waals surface area contributed by atoms with Gasteiger partial charge in [0.25, 0.3) is 17.4 Å². The average molecular weight is 396 g/mol. The molecule has 0 bridgehead atoms. The van der Waals surface area contributed by atoms with Crippen LogP contribution in [-0.2, 0) is 0 Å². The van der Waals surface area contributed by atoms with Crippen molar-refractivity contribution in [2.24, 2.45) is 0 Å². The summed E-state index contributed by atoms with van der Waals surface area (Å²) in [7, 11) is 0. The van der Waals surface area contributed by atoms with E-state index in [4.69, 9.17) is 10.5 Å². The van der Waals surface area contributed by atoms with E-state index in [2.05, 4.69) is 10.2 Å². The standard InChI is InChI=1S/C21H24N4O4/c22-19-18-16(20(27)23-21(18)28)13-17(26)25(19)14-5-7-15(8-6-14)29-12-11-24-9-3-1-2-4-10-24/h5-8,13H,1-4,9-12,22H2,(H,23,27,28). The zero-order chi connectivity index (χ0) is 20.4. The van der Waals surface area contributed by atoms with Gasteiger partial charge in [-0.15, -0.1) is 0 Å². The van der Waals surface area contributed by atoms with Crippen LogP contribution in [-0.4, -0.2) is 47.5 Å². The number of aromatic nitrogens is 1. The fourth-order valence-corrected chi connectivity index (χ4v) is 3.89. The number of nitrogen functional groups attached to an aromatic ring is 1. The van der Waals surface area contributed by atoms with Crippen molar-refractivity contribution in [3.05, 3.63) is 51.8 Å². The Morgan fingerprint density at radius 1 is 0.966 bits per heavy atom. The number of imide groups is 1. The first-order valence-electron chi connectivity index (χ1n) is 9.91. The molecule has 2 aliphatic rings. The molecule has 8 heteroatoms. The summed E-state index contributed by atoms with van der Waals surface area (Å²) < 4.78 is 7.06. The molecule has 1 aromatic carbocycles. The summed E-state index contributed by atoms with van der Waals surface area (Å²) in [5.41, 5.74) is 6.13. The first-order valence-corrected chi connectivity index (χ1v) is 9.91. The van der Waals surface area contributed by atoms with Gasteiger partial charge in [0.2, 0.25) is 0 Å². The summed E-state index contributed by atoms with van der Waals surface area (Å²) in [5, 5.41) is 2.16. The van der Waals surface area contributed by atoms with Gasteiger partial charge in [-0.1, -0.05) is 12.8 Å². The van der Waals surface area contributed by atoms with Gasteiger partial charge in [-0.25, -0.2) is 0 Å². The highest BCUT2D eigenvalue weighted by Crippen LogP contribution is 2.24. The van der Waals surface area contributed by atoms with Crippen molar-refractivity contribution < 1.29 is 14.3 Å². The molecule has 0 spiro atoms. The van der Waals surface area contributed by atoms with Crippen LogP contribution in [0.2, 0.25) is 0 Å². The number of fused-ring (bicyclic) bond motifs is 1. The highest BCUT2D eigenvalue weighted by Gasteiger charge is 2.31. The van der Waals surface area contributed by atoms with Crippen LogP contribution in [0.25, 0.3) is 5.69 Å². The second kappa shape index (κ2) is 8.08. The van der Waals surface area contributed by atoms with Gasteiger partial charge in [-0.05, 0) is 50.2 Å². The number of hydrogen-bond acceptors (Lipinski definition) is 6. The second-order valence-electron chi connectivity index (χ2n) is 7.37. The zero-order valence-electron chi connectivity index (χ0n) is 16.1. The van der Waals surface area contributed by atoms with E-state index >= 15 is 0 Å². The molecule has 1 fully saturated rings. The molecule has 152 valence electrons. The number of benzene rings is 1. The second-order valence-corrected chi connectivity index (χ2v) is 7.37. The maximum absolute atomic E-state index is 12.5. The Balaban J connectivity index is 1.47. The number of hydrogen-bond donors (Lipinski definition) is 2. The summed E-state index contributed by atoms with van der Waals surface area (Å²) in [6.45, 7) is 3.74. The molecule has 29 heavy (non-hydrogen) atoms. The van der Waals surface area contributed by atoms with Gasteiger partial charge >= 0.3 is 0 Å². The molecule has 3 heterocycles. The van der Waals surface area contributed by atoms with Crippen LogP contribution in [0.15, 0.2) is 35.1 Å². The third-order valence-electron chi connectivity index (χ3n) is 5.42. The number of likely N-dealkylation sites (tertiary alicyclic amines) is 1. The lowest BCUT2D eigenvalue weighted by molar-refractivity contribution is 0.0880. The minimum absolute atomic E-state index is 0.0159. The number of pyridine rings is 1. The number of amides is 2. The van der Waals surface area contributed by atoms with E-state index in [1.807, 2.05) is 0 Å². The Morgan fingerprint density at radius 3 is 2.34 bits per heavy atom. The number of nitrogens with zero attached hydrogens (tertiary/aromatic N) is 2. The Bertz CT molecular complexity index is 989. The predicted molar refractivity (Wildman–Crippen MR) is 109 cm³/mol. The van der Waals surface area contributed by atoms with Gasteiger partial charge in [-0.3, -0.25) is 29.2 Å². The number of rotatable bonds is 5. The molecule has 8 nitrogen and oxygen atoms in total. The highest BCUT2D eigenvalue weighted by atomic mass is 16.5. The van der Waals surface area contributed by atoms with Gasteiger partial charge in [-0.2, -0.15) is 0 Å². The topological polar surface area (TPSA) is 107 Å². The fourth-order valence-electron chi connectivity index (χ4n) is 3.89.